The van der Waals surface area contributed by atoms with Gasteiger partial charge < -0.3 is 10.8 Å². The molecule has 0 aliphatic heterocycles. The van der Waals surface area contributed by atoms with Gasteiger partial charge in [0.05, 0.1) is 0 Å². The fourth-order valence-electron chi connectivity index (χ4n) is 0.969. The molecule has 0 aliphatic carbocycles. The van der Waals surface area contributed by atoms with Gasteiger partial charge in [0.2, 0.25) is 0 Å². The summed E-state index contributed by atoms with van der Waals surface area (Å²) in [5, 5.41) is 8.52. The Labute approximate surface area is 91.0 Å². The zero-order valence-electron chi connectivity index (χ0n) is 9.23. The molecule has 0 rings (SSSR count). The molecular weight excluding hydrogens is 216 g/mol. The number of rotatable bonds is 7. The quantitative estimate of drug-likeness (QED) is 0.610. The Morgan fingerprint density at radius 2 is 1.87 bits per heavy atom. The van der Waals surface area contributed by atoms with Gasteiger partial charge >= 0.3 is 5.97 Å². The second-order valence-electron chi connectivity index (χ2n) is 4.14. The molecule has 0 radical (unpaired) electrons. The van der Waals surface area contributed by atoms with Crippen molar-refractivity contribution >= 4 is 15.7 Å². The molecule has 0 spiro atoms. The lowest BCUT2D eigenvalue weighted by molar-refractivity contribution is -0.138. The van der Waals surface area contributed by atoms with Crippen LogP contribution in [0.3, 0.4) is 0 Å². The highest BCUT2D eigenvalue weighted by atomic mass is 32.2. The van der Waals surface area contributed by atoms with Gasteiger partial charge in [-0.3, -0.25) is 9.57 Å². The maximum absolute atomic E-state index is 11.6. The van der Waals surface area contributed by atoms with Gasteiger partial charge in [0.1, 0.15) is 6.04 Å². The smallest absolute Gasteiger partial charge is 0.320 e. The fourth-order valence-corrected chi connectivity index (χ4v) is 2.66. The Morgan fingerprint density at radius 1 is 1.40 bits per heavy atom. The van der Waals surface area contributed by atoms with Crippen molar-refractivity contribution in [3.63, 3.8) is 0 Å². The normalized spacial score (nSPS) is 17.3. The number of aliphatic carboxylic acids is 1. The lowest BCUT2D eigenvalue weighted by Crippen LogP contribution is -2.32. The molecule has 0 heterocycles. The van der Waals surface area contributed by atoms with Gasteiger partial charge in [-0.1, -0.05) is 13.8 Å². The van der Waals surface area contributed by atoms with Crippen molar-refractivity contribution in [2.75, 3.05) is 11.5 Å². The van der Waals surface area contributed by atoms with E-state index in [1.807, 2.05) is 13.8 Å². The predicted octanol–water partition coefficient (Wildman–Crippen LogP) is 0.881. The number of carboxylic acid groups (broad SMARTS) is 1. The predicted molar refractivity (Wildman–Crippen MR) is 60.3 cm³/mol. The van der Waals surface area contributed by atoms with Crippen molar-refractivity contribution in [3.05, 3.63) is 0 Å². The van der Waals surface area contributed by atoms with Gasteiger partial charge in [-0.15, -0.1) is 0 Å². The fraction of sp³-hybridized carbons (Fsp3) is 0.889. The highest BCUT2D eigenvalue weighted by Crippen LogP contribution is 2.06. The van der Waals surface area contributed by atoms with Crippen molar-refractivity contribution < 1.29 is 14.1 Å². The first-order chi connectivity index (χ1) is 6.74. The van der Waals surface area contributed by atoms with Crippen molar-refractivity contribution in [1.29, 1.82) is 4.78 Å². The summed E-state index contributed by atoms with van der Waals surface area (Å²) in [6, 6.07) is -1.00. The molecule has 1 unspecified atom stereocenters. The van der Waals surface area contributed by atoms with Crippen LogP contribution in [0.25, 0.3) is 0 Å². The average Bonchev–Trinajstić information content (AvgIpc) is 2.11. The molecule has 6 heteroatoms. The van der Waals surface area contributed by atoms with E-state index in [1.165, 1.54) is 0 Å². The van der Waals surface area contributed by atoms with Crippen LogP contribution in [0.2, 0.25) is 0 Å². The average molecular weight is 236 g/mol. The van der Waals surface area contributed by atoms with E-state index in [1.54, 1.807) is 0 Å². The first kappa shape index (κ1) is 14.4. The summed E-state index contributed by atoms with van der Waals surface area (Å²) in [7, 11) is -2.65. The number of hydrogen-bond acceptors (Lipinski definition) is 4. The number of nitrogens with one attached hydrogen (secondary N) is 1. The van der Waals surface area contributed by atoms with E-state index in [-0.39, 0.29) is 12.2 Å². The van der Waals surface area contributed by atoms with Crippen molar-refractivity contribution in [3.8, 4) is 0 Å². The topological polar surface area (TPSA) is 104 Å². The largest absolute Gasteiger partial charge is 0.480 e. The third-order valence-electron chi connectivity index (χ3n) is 2.10. The van der Waals surface area contributed by atoms with E-state index in [0.29, 0.717) is 11.7 Å². The number of carboxylic acids is 1. The lowest BCUT2D eigenvalue weighted by atomic mass is 10.2. The molecule has 90 valence electrons. The minimum absolute atomic E-state index is 0.0766. The van der Waals surface area contributed by atoms with E-state index in [4.69, 9.17) is 15.6 Å². The first-order valence-electron chi connectivity index (χ1n) is 4.97. The van der Waals surface area contributed by atoms with Gasteiger partial charge in [-0.05, 0) is 18.8 Å². The number of nitrogens with two attached hydrogens (primary N) is 1. The van der Waals surface area contributed by atoms with Crippen LogP contribution >= 0.6 is 0 Å². The summed E-state index contributed by atoms with van der Waals surface area (Å²) < 4.78 is 19.2. The zero-order valence-corrected chi connectivity index (χ0v) is 10.0. The van der Waals surface area contributed by atoms with Crippen LogP contribution in [0.15, 0.2) is 0 Å². The maximum Gasteiger partial charge on any atom is 0.320 e. The third-order valence-corrected chi connectivity index (χ3v) is 3.89. The summed E-state index contributed by atoms with van der Waals surface area (Å²) in [5.74, 6) is -0.289. The molecule has 0 aromatic heterocycles. The number of hydrogen-bond donors (Lipinski definition) is 3. The summed E-state index contributed by atoms with van der Waals surface area (Å²) in [5.41, 5.74) is 5.27. The van der Waals surface area contributed by atoms with Crippen LogP contribution in [-0.4, -0.2) is 32.8 Å². The monoisotopic (exact) mass is 236 g/mol. The summed E-state index contributed by atoms with van der Waals surface area (Å²) in [6.07, 6.45) is 0.834. The summed E-state index contributed by atoms with van der Waals surface area (Å²) in [6.45, 7) is 4.00. The molecule has 0 aromatic rings. The zero-order chi connectivity index (χ0) is 12.1. The molecule has 5 nitrogen and oxygen atoms in total. The highest BCUT2D eigenvalue weighted by Gasteiger charge is 2.15. The Bertz CT molecular complexity index is 298. The molecular formula is C9H20N2O3S. The summed E-state index contributed by atoms with van der Waals surface area (Å²) in [4.78, 5) is 10.4. The van der Waals surface area contributed by atoms with E-state index >= 15 is 0 Å². The molecule has 0 aliphatic rings. The molecule has 0 aromatic carbocycles. The van der Waals surface area contributed by atoms with Crippen molar-refractivity contribution in [2.24, 2.45) is 11.7 Å². The Hall–Kier alpha value is -0.620. The SMILES string of the molecule is CC(C)CCS(=N)(=O)CC[C@H](N)C(=O)O. The summed E-state index contributed by atoms with van der Waals surface area (Å²) >= 11 is 0. The van der Waals surface area contributed by atoms with E-state index in [0.717, 1.165) is 6.42 Å². The first-order valence-corrected chi connectivity index (χ1v) is 6.87. The van der Waals surface area contributed by atoms with Crippen LogP contribution in [0.5, 0.6) is 0 Å². The molecule has 0 saturated heterocycles. The molecule has 2 atom stereocenters. The molecule has 15 heavy (non-hydrogen) atoms. The van der Waals surface area contributed by atoms with Gasteiger partial charge in [0, 0.05) is 21.2 Å². The van der Waals surface area contributed by atoms with Gasteiger partial charge in [-0.2, -0.15) is 0 Å². The van der Waals surface area contributed by atoms with Crippen molar-refractivity contribution in [1.82, 2.24) is 0 Å². The van der Waals surface area contributed by atoms with Crippen LogP contribution in [0, 0.1) is 10.7 Å². The van der Waals surface area contributed by atoms with Gasteiger partial charge in [-0.25, -0.2) is 4.21 Å². The van der Waals surface area contributed by atoms with Crippen molar-refractivity contribution in [2.45, 2.75) is 32.7 Å². The minimum atomic E-state index is -2.65. The molecule has 4 N–H and O–H groups in total. The Balaban J connectivity index is 4.00. The standard InChI is InChI=1S/C9H20N2O3S/c1-7(2)3-5-15(11,14)6-4-8(10)9(12)13/h7-8,11H,3-6,10H2,1-2H3,(H,12,13)/t8-,15?/m0/s1. The maximum atomic E-state index is 11.6. The molecule has 0 saturated carbocycles. The Morgan fingerprint density at radius 3 is 2.27 bits per heavy atom. The van der Waals surface area contributed by atoms with E-state index < -0.39 is 21.7 Å². The highest BCUT2D eigenvalue weighted by molar-refractivity contribution is 7.92. The number of carbonyl (C=O) groups is 1. The van der Waals surface area contributed by atoms with Gasteiger partial charge in [0.25, 0.3) is 0 Å². The molecule has 0 bridgehead atoms. The lowest BCUT2D eigenvalue weighted by Gasteiger charge is -2.10. The van der Waals surface area contributed by atoms with E-state index in [2.05, 4.69) is 0 Å². The van der Waals surface area contributed by atoms with E-state index in [9.17, 15) is 9.00 Å². The molecule has 0 amide bonds. The van der Waals surface area contributed by atoms with Crippen LogP contribution in [-0.2, 0) is 14.5 Å². The van der Waals surface area contributed by atoms with Crippen LogP contribution < -0.4 is 5.73 Å². The van der Waals surface area contributed by atoms with Crippen LogP contribution in [0.4, 0.5) is 0 Å². The Kier molecular flexibility index (Phi) is 5.82. The molecule has 0 fully saturated rings. The second kappa shape index (κ2) is 6.07. The third kappa shape index (κ3) is 7.33. The second-order valence-corrected chi connectivity index (χ2v) is 6.58. The van der Waals surface area contributed by atoms with Gasteiger partial charge in [0.15, 0.2) is 0 Å². The minimum Gasteiger partial charge on any atom is -0.480 e. The van der Waals surface area contributed by atoms with Crippen LogP contribution in [0.1, 0.15) is 26.7 Å².